The average molecular weight is 459 g/mol. The number of rotatable bonds is 7. The lowest BCUT2D eigenvalue weighted by Crippen LogP contribution is -2.23. The zero-order chi connectivity index (χ0) is 17.5. The molecule has 0 unspecified atom stereocenters. The molecule has 0 saturated carbocycles. The van der Waals surface area contributed by atoms with Crippen molar-refractivity contribution in [3.05, 3.63) is 41.1 Å². The Kier molecular flexibility index (Phi) is 8.70. The van der Waals surface area contributed by atoms with E-state index in [-0.39, 0.29) is 24.0 Å². The van der Waals surface area contributed by atoms with Gasteiger partial charge in [0.25, 0.3) is 0 Å². The van der Waals surface area contributed by atoms with Crippen molar-refractivity contribution in [2.24, 2.45) is 17.8 Å². The summed E-state index contributed by atoms with van der Waals surface area (Å²) in [4.78, 5) is 4.43. The molecule has 0 aliphatic heterocycles. The maximum atomic E-state index is 6.04. The second-order valence-electron chi connectivity index (χ2n) is 5.33. The molecule has 1 aromatic heterocycles. The zero-order valence-corrected chi connectivity index (χ0v) is 17.4. The van der Waals surface area contributed by atoms with Crippen LogP contribution in [0, 0.1) is 0 Å². The van der Waals surface area contributed by atoms with Gasteiger partial charge in [0.05, 0.1) is 31.5 Å². The summed E-state index contributed by atoms with van der Waals surface area (Å²) in [6.45, 7) is 2.97. The van der Waals surface area contributed by atoms with Crippen molar-refractivity contribution in [2.75, 3.05) is 19.5 Å². The van der Waals surface area contributed by atoms with Gasteiger partial charge in [0.1, 0.15) is 0 Å². The summed E-state index contributed by atoms with van der Waals surface area (Å²) in [7, 11) is 5.15. The third-order valence-electron chi connectivity index (χ3n) is 3.69. The van der Waals surface area contributed by atoms with E-state index in [0.717, 1.165) is 28.9 Å². The zero-order valence-electron chi connectivity index (χ0n) is 15.1. The number of nitrogens with one attached hydrogen (secondary N) is 1. The molecule has 138 valence electrons. The van der Waals surface area contributed by atoms with Crippen molar-refractivity contribution in [3.8, 4) is 5.88 Å². The molecule has 0 atom stereocenters. The number of benzene rings is 1. The van der Waals surface area contributed by atoms with Crippen LogP contribution in [0.15, 0.2) is 29.3 Å². The number of aromatic nitrogens is 2. The Bertz CT molecular complexity index is 715. The molecular formula is C17H26IN5O2. The number of nitrogens with two attached hydrogens (primary N) is 1. The molecule has 0 radical (unpaired) electrons. The second kappa shape index (κ2) is 10.2. The normalized spacial score (nSPS) is 11.1. The topological polar surface area (TPSA) is 86.7 Å². The van der Waals surface area contributed by atoms with E-state index in [4.69, 9.17) is 15.2 Å². The van der Waals surface area contributed by atoms with Crippen LogP contribution in [0.5, 0.6) is 5.88 Å². The summed E-state index contributed by atoms with van der Waals surface area (Å²) in [6, 6.07) is 7.83. The molecule has 0 fully saturated rings. The molecule has 8 heteroatoms. The summed E-state index contributed by atoms with van der Waals surface area (Å²) in [5.41, 5.74) is 9.86. The lowest BCUT2D eigenvalue weighted by molar-refractivity contribution is 0.185. The molecule has 1 aromatic carbocycles. The Morgan fingerprint density at radius 2 is 2.04 bits per heavy atom. The van der Waals surface area contributed by atoms with Crippen LogP contribution in [-0.2, 0) is 31.4 Å². The number of nitrogens with zero attached hydrogens (tertiary/aromatic N) is 3. The summed E-state index contributed by atoms with van der Waals surface area (Å²) in [5, 5.41) is 7.57. The van der Waals surface area contributed by atoms with Gasteiger partial charge in [-0.3, -0.25) is 0 Å². The van der Waals surface area contributed by atoms with E-state index < -0.39 is 0 Å². The molecule has 0 bridgehead atoms. The molecule has 2 aromatic rings. The number of para-hydroxylation sites is 1. The maximum Gasteiger partial charge on any atom is 0.216 e. The number of aliphatic imine (C=N–C) groups is 1. The number of ether oxygens (including phenoxy) is 2. The van der Waals surface area contributed by atoms with E-state index in [1.165, 1.54) is 0 Å². The Labute approximate surface area is 165 Å². The molecule has 0 aliphatic rings. The molecule has 1 heterocycles. The Balaban J connectivity index is 0.00000312. The number of aryl methyl sites for hydroxylation is 2. The van der Waals surface area contributed by atoms with Gasteiger partial charge in [-0.2, -0.15) is 5.10 Å². The molecule has 7 nitrogen and oxygen atoms in total. The van der Waals surface area contributed by atoms with Crippen molar-refractivity contribution in [1.82, 2.24) is 9.78 Å². The molecule has 3 N–H and O–H groups in total. The highest BCUT2D eigenvalue weighted by molar-refractivity contribution is 14.0. The van der Waals surface area contributed by atoms with Gasteiger partial charge in [-0.15, -0.1) is 24.0 Å². The monoisotopic (exact) mass is 459 g/mol. The lowest BCUT2D eigenvalue weighted by Gasteiger charge is -2.11. The van der Waals surface area contributed by atoms with E-state index in [1.54, 1.807) is 18.9 Å². The fourth-order valence-corrected chi connectivity index (χ4v) is 2.57. The fourth-order valence-electron chi connectivity index (χ4n) is 2.57. The van der Waals surface area contributed by atoms with Crippen molar-refractivity contribution in [3.63, 3.8) is 0 Å². The minimum Gasteiger partial charge on any atom is -0.481 e. The summed E-state index contributed by atoms with van der Waals surface area (Å²) in [5.74, 6) is 1.05. The molecular weight excluding hydrogens is 433 g/mol. The quantitative estimate of drug-likeness (QED) is 0.378. The summed E-state index contributed by atoms with van der Waals surface area (Å²) in [6.07, 6.45) is 0.812. The van der Waals surface area contributed by atoms with Crippen LogP contribution >= 0.6 is 24.0 Å². The number of anilines is 1. The highest BCUT2D eigenvalue weighted by atomic mass is 127. The van der Waals surface area contributed by atoms with Gasteiger partial charge in [-0.25, -0.2) is 9.67 Å². The first-order valence-electron chi connectivity index (χ1n) is 7.83. The molecule has 25 heavy (non-hydrogen) atoms. The third kappa shape index (κ3) is 5.33. The van der Waals surface area contributed by atoms with Crippen LogP contribution in [0.1, 0.15) is 23.7 Å². The molecule has 0 spiro atoms. The smallest absolute Gasteiger partial charge is 0.216 e. The van der Waals surface area contributed by atoms with E-state index in [9.17, 15) is 0 Å². The Morgan fingerprint density at radius 3 is 2.68 bits per heavy atom. The van der Waals surface area contributed by atoms with Gasteiger partial charge in [-0.05, 0) is 12.5 Å². The number of hydrogen-bond donors (Lipinski definition) is 2. The number of halogens is 1. The minimum absolute atomic E-state index is 0. The van der Waals surface area contributed by atoms with Gasteiger partial charge in [0.15, 0.2) is 5.96 Å². The SMILES string of the molecule is CCc1nn(C)c(OC)c1CN=C(N)Nc1ccccc1COC.I. The lowest BCUT2D eigenvalue weighted by atomic mass is 10.2. The van der Waals surface area contributed by atoms with Gasteiger partial charge < -0.3 is 20.5 Å². The molecule has 0 amide bonds. The van der Waals surface area contributed by atoms with E-state index in [1.807, 2.05) is 31.3 Å². The average Bonchev–Trinajstić information content (AvgIpc) is 2.89. The van der Waals surface area contributed by atoms with Gasteiger partial charge in [0, 0.05) is 25.4 Å². The standard InChI is InChI=1S/C17H25N5O2.HI/c1-5-14-13(16(24-4)22(2)21-14)10-19-17(18)20-15-9-7-6-8-12(15)11-23-3;/h6-9H,5,10-11H2,1-4H3,(H3,18,19,20);1H. The molecule has 0 saturated heterocycles. The molecule has 2 rings (SSSR count). The predicted molar refractivity (Wildman–Crippen MR) is 111 cm³/mol. The minimum atomic E-state index is 0. The Morgan fingerprint density at radius 1 is 1.32 bits per heavy atom. The van der Waals surface area contributed by atoms with Crippen LogP contribution < -0.4 is 15.8 Å². The number of methoxy groups -OCH3 is 2. The Hall–Kier alpha value is -1.81. The van der Waals surface area contributed by atoms with Crippen molar-refractivity contribution in [1.29, 1.82) is 0 Å². The highest BCUT2D eigenvalue weighted by Crippen LogP contribution is 2.23. The highest BCUT2D eigenvalue weighted by Gasteiger charge is 2.15. The van der Waals surface area contributed by atoms with Crippen molar-refractivity contribution < 1.29 is 9.47 Å². The largest absolute Gasteiger partial charge is 0.481 e. The number of hydrogen-bond acceptors (Lipinski definition) is 4. The summed E-state index contributed by atoms with van der Waals surface area (Å²) >= 11 is 0. The van der Waals surface area contributed by atoms with Crippen LogP contribution in [0.2, 0.25) is 0 Å². The van der Waals surface area contributed by atoms with E-state index >= 15 is 0 Å². The fraction of sp³-hybridized carbons (Fsp3) is 0.412. The predicted octanol–water partition coefficient (Wildman–Crippen LogP) is 2.68. The van der Waals surface area contributed by atoms with Gasteiger partial charge >= 0.3 is 0 Å². The second-order valence-corrected chi connectivity index (χ2v) is 5.33. The van der Waals surface area contributed by atoms with Crippen LogP contribution in [0.4, 0.5) is 5.69 Å². The third-order valence-corrected chi connectivity index (χ3v) is 3.69. The summed E-state index contributed by atoms with van der Waals surface area (Å²) < 4.78 is 12.3. The van der Waals surface area contributed by atoms with E-state index in [2.05, 4.69) is 22.3 Å². The first-order chi connectivity index (χ1) is 11.6. The first kappa shape index (κ1) is 21.2. The first-order valence-corrected chi connectivity index (χ1v) is 7.83. The van der Waals surface area contributed by atoms with Crippen molar-refractivity contribution >= 4 is 35.6 Å². The van der Waals surface area contributed by atoms with Crippen molar-refractivity contribution in [2.45, 2.75) is 26.5 Å². The van der Waals surface area contributed by atoms with Crippen LogP contribution in [0.25, 0.3) is 0 Å². The van der Waals surface area contributed by atoms with Crippen LogP contribution in [-0.4, -0.2) is 30.0 Å². The molecule has 0 aliphatic carbocycles. The van der Waals surface area contributed by atoms with E-state index in [0.29, 0.717) is 25.0 Å². The number of guanidine groups is 1. The maximum absolute atomic E-state index is 6.04. The van der Waals surface area contributed by atoms with Crippen LogP contribution in [0.3, 0.4) is 0 Å². The van der Waals surface area contributed by atoms with Gasteiger partial charge in [0.2, 0.25) is 5.88 Å². The van der Waals surface area contributed by atoms with Gasteiger partial charge in [-0.1, -0.05) is 25.1 Å².